The number of nitrogens with one attached hydrogen (secondary N) is 2. The van der Waals surface area contributed by atoms with Crippen molar-refractivity contribution in [1.82, 2.24) is 15.0 Å². The van der Waals surface area contributed by atoms with Gasteiger partial charge in [0.1, 0.15) is 0 Å². The third-order valence-corrected chi connectivity index (χ3v) is 5.19. The van der Waals surface area contributed by atoms with Crippen molar-refractivity contribution < 1.29 is 8.42 Å². The molecule has 5 nitrogen and oxygen atoms in total. The maximum atomic E-state index is 12.2. The van der Waals surface area contributed by atoms with E-state index in [4.69, 9.17) is 0 Å². The molecule has 0 amide bonds. The van der Waals surface area contributed by atoms with Crippen molar-refractivity contribution in [2.75, 3.05) is 7.05 Å². The normalized spacial score (nSPS) is 11.7. The fraction of sp³-hybridized carbons (Fsp3) is 0.308. The number of nitrogens with zero attached hydrogens (tertiary/aromatic N) is 1. The predicted octanol–water partition coefficient (Wildman–Crippen LogP) is 1.65. The van der Waals surface area contributed by atoms with Crippen LogP contribution < -0.4 is 10.0 Å². The van der Waals surface area contributed by atoms with E-state index < -0.39 is 10.0 Å². The van der Waals surface area contributed by atoms with E-state index in [9.17, 15) is 8.42 Å². The second kappa shape index (κ2) is 6.45. The van der Waals surface area contributed by atoms with E-state index in [2.05, 4.69) is 15.0 Å². The average Bonchev–Trinajstić information content (AvgIpc) is 2.83. The Bertz CT molecular complexity index is 680. The number of rotatable bonds is 6. The average molecular weight is 311 g/mol. The molecule has 2 N–H and O–H groups in total. The highest BCUT2D eigenvalue weighted by Gasteiger charge is 2.15. The van der Waals surface area contributed by atoms with E-state index in [1.54, 1.807) is 23.7 Å². The molecule has 0 atom stereocenters. The second-order valence-electron chi connectivity index (χ2n) is 4.36. The smallest absolute Gasteiger partial charge is 0.240 e. The Morgan fingerprint density at radius 1 is 1.30 bits per heavy atom. The lowest BCUT2D eigenvalue weighted by Gasteiger charge is -2.08. The first kappa shape index (κ1) is 15.1. The van der Waals surface area contributed by atoms with E-state index in [1.165, 1.54) is 11.3 Å². The van der Waals surface area contributed by atoms with Crippen LogP contribution >= 0.6 is 11.3 Å². The number of hydrogen-bond donors (Lipinski definition) is 2. The van der Waals surface area contributed by atoms with E-state index in [0.29, 0.717) is 6.54 Å². The van der Waals surface area contributed by atoms with Gasteiger partial charge in [-0.15, -0.1) is 11.3 Å². The SMILES string of the molecule is CNCc1cccc(S(=O)(=O)NCc2scnc2C)c1. The molecule has 0 unspecified atom stereocenters. The number of hydrogen-bond acceptors (Lipinski definition) is 5. The van der Waals surface area contributed by atoms with Crippen LogP contribution in [0, 0.1) is 6.92 Å². The Kier molecular flexibility index (Phi) is 4.87. The first-order chi connectivity index (χ1) is 9.53. The van der Waals surface area contributed by atoms with Crippen molar-refractivity contribution in [3.63, 3.8) is 0 Å². The largest absolute Gasteiger partial charge is 0.316 e. The molecule has 20 heavy (non-hydrogen) atoms. The maximum absolute atomic E-state index is 12.2. The minimum atomic E-state index is -3.49. The highest BCUT2D eigenvalue weighted by atomic mass is 32.2. The van der Waals surface area contributed by atoms with E-state index in [0.717, 1.165) is 16.1 Å². The Labute approximate surface area is 123 Å². The summed E-state index contributed by atoms with van der Waals surface area (Å²) in [5.74, 6) is 0. The molecule has 1 aromatic carbocycles. The summed E-state index contributed by atoms with van der Waals surface area (Å²) in [4.78, 5) is 5.32. The molecule has 108 valence electrons. The zero-order valence-corrected chi connectivity index (χ0v) is 13.0. The molecule has 0 fully saturated rings. The Morgan fingerprint density at radius 3 is 2.75 bits per heavy atom. The third kappa shape index (κ3) is 3.63. The van der Waals surface area contributed by atoms with Crippen LogP contribution in [0.4, 0.5) is 0 Å². The van der Waals surface area contributed by atoms with Crippen LogP contribution in [0.5, 0.6) is 0 Å². The molecule has 1 aromatic heterocycles. The molecule has 2 rings (SSSR count). The van der Waals surface area contributed by atoms with Gasteiger partial charge in [0.25, 0.3) is 0 Å². The van der Waals surface area contributed by atoms with Gasteiger partial charge < -0.3 is 5.32 Å². The first-order valence-electron chi connectivity index (χ1n) is 6.15. The van der Waals surface area contributed by atoms with Gasteiger partial charge in [-0.2, -0.15) is 0 Å². The molecular formula is C13H17N3O2S2. The summed E-state index contributed by atoms with van der Waals surface area (Å²) < 4.78 is 27.1. The molecule has 0 aliphatic rings. The molecule has 0 saturated heterocycles. The summed E-state index contributed by atoms with van der Waals surface area (Å²) in [6.07, 6.45) is 0. The van der Waals surface area contributed by atoms with Crippen LogP contribution in [-0.2, 0) is 23.1 Å². The molecule has 0 saturated carbocycles. The molecule has 0 bridgehead atoms. The standard InChI is InChI=1S/C13H17N3O2S2/c1-10-13(19-9-15-10)8-16-20(17,18)12-5-3-4-11(6-12)7-14-2/h3-6,9,14,16H,7-8H2,1-2H3. The Hall–Kier alpha value is -1.28. The number of sulfonamides is 1. The first-order valence-corrected chi connectivity index (χ1v) is 8.51. The number of aromatic nitrogens is 1. The molecule has 7 heteroatoms. The van der Waals surface area contributed by atoms with Gasteiger partial charge >= 0.3 is 0 Å². The second-order valence-corrected chi connectivity index (χ2v) is 7.07. The van der Waals surface area contributed by atoms with Crippen molar-refractivity contribution in [2.24, 2.45) is 0 Å². The van der Waals surface area contributed by atoms with Crippen molar-refractivity contribution in [3.8, 4) is 0 Å². The Morgan fingerprint density at radius 2 is 2.10 bits per heavy atom. The Balaban J connectivity index is 2.14. The van der Waals surface area contributed by atoms with Crippen molar-refractivity contribution >= 4 is 21.4 Å². The van der Waals surface area contributed by atoms with Crippen molar-refractivity contribution in [2.45, 2.75) is 24.9 Å². The summed E-state index contributed by atoms with van der Waals surface area (Å²) in [7, 11) is -1.67. The minimum Gasteiger partial charge on any atom is -0.316 e. The van der Waals surface area contributed by atoms with Gasteiger partial charge in [-0.05, 0) is 31.7 Å². The van der Waals surface area contributed by atoms with Crippen LogP contribution in [-0.4, -0.2) is 20.4 Å². The van der Waals surface area contributed by atoms with Crippen LogP contribution in [0.25, 0.3) is 0 Å². The topological polar surface area (TPSA) is 71.1 Å². The van der Waals surface area contributed by atoms with Crippen LogP contribution in [0.1, 0.15) is 16.1 Å². The van der Waals surface area contributed by atoms with Gasteiger partial charge in [0.2, 0.25) is 10.0 Å². The number of thiazole rings is 1. The molecule has 0 spiro atoms. The maximum Gasteiger partial charge on any atom is 0.240 e. The summed E-state index contributed by atoms with van der Waals surface area (Å²) in [6, 6.07) is 6.92. The van der Waals surface area contributed by atoms with E-state index >= 15 is 0 Å². The van der Waals surface area contributed by atoms with Gasteiger partial charge in [-0.3, -0.25) is 0 Å². The summed E-state index contributed by atoms with van der Waals surface area (Å²) >= 11 is 1.45. The lowest BCUT2D eigenvalue weighted by Crippen LogP contribution is -2.23. The highest BCUT2D eigenvalue weighted by Crippen LogP contribution is 2.15. The number of benzene rings is 1. The van der Waals surface area contributed by atoms with Gasteiger partial charge in [-0.1, -0.05) is 12.1 Å². The van der Waals surface area contributed by atoms with Gasteiger partial charge in [0, 0.05) is 18.0 Å². The molecule has 2 aromatic rings. The zero-order valence-electron chi connectivity index (χ0n) is 11.4. The third-order valence-electron chi connectivity index (χ3n) is 2.86. The minimum absolute atomic E-state index is 0.273. The molecule has 0 radical (unpaired) electrons. The lowest BCUT2D eigenvalue weighted by atomic mass is 10.2. The van der Waals surface area contributed by atoms with Crippen LogP contribution in [0.3, 0.4) is 0 Å². The highest BCUT2D eigenvalue weighted by molar-refractivity contribution is 7.89. The van der Waals surface area contributed by atoms with Gasteiger partial charge in [0.05, 0.1) is 16.1 Å². The molecule has 0 aliphatic heterocycles. The van der Waals surface area contributed by atoms with Crippen molar-refractivity contribution in [3.05, 3.63) is 45.9 Å². The van der Waals surface area contributed by atoms with E-state index in [1.807, 2.05) is 20.0 Å². The lowest BCUT2D eigenvalue weighted by molar-refractivity contribution is 0.581. The van der Waals surface area contributed by atoms with Crippen LogP contribution in [0.2, 0.25) is 0 Å². The zero-order chi connectivity index (χ0) is 14.6. The van der Waals surface area contributed by atoms with Gasteiger partial charge in [0.15, 0.2) is 0 Å². The quantitative estimate of drug-likeness (QED) is 0.851. The van der Waals surface area contributed by atoms with E-state index in [-0.39, 0.29) is 11.4 Å². The monoisotopic (exact) mass is 311 g/mol. The fourth-order valence-electron chi connectivity index (χ4n) is 1.77. The molecular weight excluding hydrogens is 294 g/mol. The van der Waals surface area contributed by atoms with Gasteiger partial charge in [-0.25, -0.2) is 18.1 Å². The predicted molar refractivity (Wildman–Crippen MR) is 80.1 cm³/mol. The van der Waals surface area contributed by atoms with Crippen LogP contribution in [0.15, 0.2) is 34.7 Å². The summed E-state index contributed by atoms with van der Waals surface area (Å²) in [6.45, 7) is 2.78. The number of aryl methyl sites for hydroxylation is 1. The molecule has 0 aliphatic carbocycles. The fourth-order valence-corrected chi connectivity index (χ4v) is 3.64. The summed E-state index contributed by atoms with van der Waals surface area (Å²) in [5.41, 5.74) is 3.51. The van der Waals surface area contributed by atoms with Crippen molar-refractivity contribution in [1.29, 1.82) is 0 Å². The molecule has 1 heterocycles. The summed E-state index contributed by atoms with van der Waals surface area (Å²) in [5, 5.41) is 3.00.